The Morgan fingerprint density at radius 1 is 1.23 bits per heavy atom. The van der Waals surface area contributed by atoms with Gasteiger partial charge in [-0.2, -0.15) is 0 Å². The highest BCUT2D eigenvalue weighted by Crippen LogP contribution is 2.28. The summed E-state index contributed by atoms with van der Waals surface area (Å²) in [6, 6.07) is 3.78. The van der Waals surface area contributed by atoms with E-state index in [4.69, 9.17) is 11.5 Å². The van der Waals surface area contributed by atoms with Gasteiger partial charge in [0.1, 0.15) is 5.75 Å². The lowest BCUT2D eigenvalue weighted by atomic mass is 10.2. The Bertz CT molecular complexity index is 314. The van der Waals surface area contributed by atoms with Crippen molar-refractivity contribution in [3.05, 3.63) is 18.2 Å². The molecule has 0 radical (unpaired) electrons. The van der Waals surface area contributed by atoms with E-state index < -0.39 is 5.57 Å². The van der Waals surface area contributed by atoms with Gasteiger partial charge >= 0.3 is 5.57 Å². The monoisotopic (exact) mass is 208 g/mol. The van der Waals surface area contributed by atoms with Crippen molar-refractivity contribution in [2.75, 3.05) is 11.5 Å². The molecule has 0 aliphatic heterocycles. The maximum atomic E-state index is 12.1. The van der Waals surface area contributed by atoms with Gasteiger partial charge < -0.3 is 16.2 Å². The molecule has 0 heterocycles. The summed E-state index contributed by atoms with van der Waals surface area (Å²) in [5.41, 5.74) is 7.43. The Hall–Kier alpha value is -1.23. The molecule has 0 bridgehead atoms. The van der Waals surface area contributed by atoms with Crippen molar-refractivity contribution in [2.45, 2.75) is 5.57 Å². The van der Waals surface area contributed by atoms with Gasteiger partial charge in [-0.05, 0) is 12.1 Å². The van der Waals surface area contributed by atoms with Crippen molar-refractivity contribution >= 4 is 23.0 Å². The number of halogens is 3. The third-order valence-corrected chi connectivity index (χ3v) is 1.37. The number of nitrogens with two attached hydrogens (primary N) is 2. The first-order chi connectivity index (χ1) is 5.88. The summed E-state index contributed by atoms with van der Waals surface area (Å²) < 4.78 is 28.3. The van der Waals surface area contributed by atoms with E-state index in [9.17, 15) is 8.78 Å². The molecule has 1 aromatic rings. The summed E-state index contributed by atoms with van der Waals surface area (Å²) in [6.07, 6.45) is 0. The molecule has 13 heavy (non-hydrogen) atoms. The third kappa shape index (κ3) is 2.95. The third-order valence-electron chi connectivity index (χ3n) is 1.29. The van der Waals surface area contributed by atoms with E-state index in [0.29, 0.717) is 5.69 Å². The number of ether oxygens (including phenoxy) is 1. The van der Waals surface area contributed by atoms with Crippen LogP contribution in [0.1, 0.15) is 0 Å². The highest BCUT2D eigenvalue weighted by Gasteiger charge is 2.27. The van der Waals surface area contributed by atoms with Crippen molar-refractivity contribution in [2.24, 2.45) is 0 Å². The average Bonchev–Trinajstić information content (AvgIpc) is 1.94. The van der Waals surface area contributed by atoms with Crippen LogP contribution < -0.4 is 16.2 Å². The molecular weight excluding hydrogens is 202 g/mol. The van der Waals surface area contributed by atoms with Crippen LogP contribution in [0.15, 0.2) is 18.2 Å². The Morgan fingerprint density at radius 3 is 2.31 bits per heavy atom. The first-order valence-corrected chi connectivity index (χ1v) is 3.67. The largest absolute Gasteiger partial charge is 0.487 e. The van der Waals surface area contributed by atoms with Crippen LogP contribution in [0.2, 0.25) is 0 Å². The normalized spacial score (nSPS) is 11.3. The molecule has 0 saturated carbocycles. The Kier molecular flexibility index (Phi) is 2.47. The lowest BCUT2D eigenvalue weighted by Crippen LogP contribution is -2.15. The zero-order valence-corrected chi connectivity index (χ0v) is 7.18. The molecule has 0 saturated heterocycles. The SMILES string of the molecule is Nc1ccc(OC(F)(F)Cl)cc1N. The van der Waals surface area contributed by atoms with Gasteiger partial charge in [-0.1, -0.05) is 0 Å². The van der Waals surface area contributed by atoms with E-state index in [-0.39, 0.29) is 11.4 Å². The van der Waals surface area contributed by atoms with Crippen LogP contribution in [0, 0.1) is 0 Å². The molecule has 0 amide bonds. The lowest BCUT2D eigenvalue weighted by Gasteiger charge is -2.11. The number of anilines is 2. The Labute approximate surface area is 78.2 Å². The van der Waals surface area contributed by atoms with Crippen LogP contribution >= 0.6 is 11.6 Å². The van der Waals surface area contributed by atoms with Crippen molar-refractivity contribution in [3.63, 3.8) is 0 Å². The van der Waals surface area contributed by atoms with Gasteiger partial charge in [0.2, 0.25) is 0 Å². The van der Waals surface area contributed by atoms with Crippen LogP contribution in [-0.2, 0) is 0 Å². The lowest BCUT2D eigenvalue weighted by molar-refractivity contribution is -0.0964. The number of benzene rings is 1. The van der Waals surface area contributed by atoms with Gasteiger partial charge in [-0.3, -0.25) is 0 Å². The average molecular weight is 209 g/mol. The molecular formula is C7H7ClF2N2O. The van der Waals surface area contributed by atoms with Gasteiger partial charge in [0.05, 0.1) is 11.4 Å². The number of hydrogen-bond acceptors (Lipinski definition) is 3. The molecule has 4 N–H and O–H groups in total. The summed E-state index contributed by atoms with van der Waals surface area (Å²) in [5, 5.41) is 0. The minimum Gasteiger partial charge on any atom is -0.420 e. The molecule has 0 aliphatic carbocycles. The molecule has 0 atom stereocenters. The van der Waals surface area contributed by atoms with Gasteiger partial charge in [0.25, 0.3) is 0 Å². The Morgan fingerprint density at radius 2 is 1.85 bits per heavy atom. The van der Waals surface area contributed by atoms with Crippen LogP contribution in [0.3, 0.4) is 0 Å². The molecule has 0 spiro atoms. The smallest absolute Gasteiger partial charge is 0.420 e. The molecule has 6 heteroatoms. The van der Waals surface area contributed by atoms with Gasteiger partial charge in [-0.25, -0.2) is 0 Å². The predicted molar refractivity (Wildman–Crippen MR) is 46.7 cm³/mol. The highest BCUT2D eigenvalue weighted by atomic mass is 35.5. The highest BCUT2D eigenvalue weighted by molar-refractivity contribution is 6.20. The number of alkyl halides is 3. The summed E-state index contributed by atoms with van der Waals surface area (Å²) in [4.78, 5) is 0. The second-order valence-electron chi connectivity index (χ2n) is 2.34. The minimum atomic E-state index is -3.73. The van der Waals surface area contributed by atoms with Gasteiger partial charge in [-0.15, -0.1) is 8.78 Å². The first kappa shape index (κ1) is 9.85. The minimum absolute atomic E-state index is 0.133. The maximum absolute atomic E-state index is 12.1. The molecule has 0 fully saturated rings. The van der Waals surface area contributed by atoms with E-state index in [1.807, 2.05) is 0 Å². The molecule has 1 rings (SSSR count). The molecule has 0 aromatic heterocycles. The molecule has 1 aromatic carbocycles. The first-order valence-electron chi connectivity index (χ1n) is 3.29. The maximum Gasteiger partial charge on any atom is 0.487 e. The number of hydrogen-bond donors (Lipinski definition) is 2. The summed E-state index contributed by atoms with van der Waals surface area (Å²) >= 11 is 4.53. The Balaban J connectivity index is 2.86. The van der Waals surface area contributed by atoms with Gasteiger partial charge in [0, 0.05) is 17.7 Å². The van der Waals surface area contributed by atoms with Gasteiger partial charge in [0.15, 0.2) is 0 Å². The van der Waals surface area contributed by atoms with E-state index in [1.54, 1.807) is 0 Å². The molecule has 0 aliphatic rings. The second-order valence-corrected chi connectivity index (χ2v) is 2.78. The van der Waals surface area contributed by atoms with Crippen LogP contribution in [0.25, 0.3) is 0 Å². The van der Waals surface area contributed by atoms with Crippen molar-refractivity contribution < 1.29 is 13.5 Å². The summed E-state index contributed by atoms with van der Waals surface area (Å²) in [7, 11) is 0. The fourth-order valence-corrected chi connectivity index (χ4v) is 0.839. The molecule has 0 unspecified atom stereocenters. The van der Waals surface area contributed by atoms with E-state index in [1.165, 1.54) is 18.2 Å². The zero-order valence-electron chi connectivity index (χ0n) is 6.43. The van der Waals surface area contributed by atoms with E-state index >= 15 is 0 Å². The molecule has 3 nitrogen and oxygen atoms in total. The van der Waals surface area contributed by atoms with E-state index in [2.05, 4.69) is 16.3 Å². The van der Waals surface area contributed by atoms with E-state index in [0.717, 1.165) is 0 Å². The van der Waals surface area contributed by atoms with Crippen molar-refractivity contribution in [1.29, 1.82) is 0 Å². The number of rotatable bonds is 2. The van der Waals surface area contributed by atoms with Crippen LogP contribution in [-0.4, -0.2) is 5.57 Å². The fraction of sp³-hybridized carbons (Fsp3) is 0.143. The fourth-order valence-electron chi connectivity index (χ4n) is 0.750. The quantitative estimate of drug-likeness (QED) is 0.577. The standard InChI is InChI=1S/C7H7ClF2N2O/c8-7(9,10)13-4-1-2-5(11)6(12)3-4/h1-3H,11-12H2. The van der Waals surface area contributed by atoms with Crippen molar-refractivity contribution in [3.8, 4) is 5.75 Å². The van der Waals surface area contributed by atoms with Crippen molar-refractivity contribution in [1.82, 2.24) is 0 Å². The topological polar surface area (TPSA) is 61.3 Å². The second kappa shape index (κ2) is 3.26. The molecule has 72 valence electrons. The predicted octanol–water partition coefficient (Wildman–Crippen LogP) is 2.02. The number of nitrogen functional groups attached to an aromatic ring is 2. The van der Waals surface area contributed by atoms with Crippen LogP contribution in [0.4, 0.5) is 20.2 Å². The van der Waals surface area contributed by atoms with Crippen LogP contribution in [0.5, 0.6) is 5.75 Å². The summed E-state index contributed by atoms with van der Waals surface area (Å²) in [6.45, 7) is 0. The zero-order chi connectivity index (χ0) is 10.1. The summed E-state index contributed by atoms with van der Waals surface area (Å²) in [5.74, 6) is -0.133.